The molecule has 4 N–H and O–H groups in total. The minimum atomic E-state index is -0.823. The van der Waals surface area contributed by atoms with Crippen molar-refractivity contribution in [2.24, 2.45) is 0 Å². The van der Waals surface area contributed by atoms with Crippen molar-refractivity contribution in [2.45, 2.75) is 31.9 Å². The molecule has 3 rings (SSSR count). The van der Waals surface area contributed by atoms with Crippen molar-refractivity contribution in [1.29, 1.82) is 0 Å². The highest BCUT2D eigenvalue weighted by molar-refractivity contribution is 7.16. The number of β-amino-alcohol motifs (C(OH)–C–C–N with tert-alkyl or cyclic N) is 1. The Morgan fingerprint density at radius 2 is 1.96 bits per heavy atom. The minimum Gasteiger partial charge on any atom is -0.508 e. The maximum Gasteiger partial charge on any atom is 0.305 e. The number of nitrogens with one attached hydrogen (secondary N) is 2. The molecular weight excluding hydrogens is 336 g/mol. The molecule has 0 amide bonds. The van der Waals surface area contributed by atoms with Crippen molar-refractivity contribution in [1.82, 2.24) is 10.3 Å². The number of H-pyrrole nitrogens is 1. The number of rotatable bonds is 6. The smallest absolute Gasteiger partial charge is 0.305 e. The number of aliphatic hydroxyl groups is 1. The quantitative estimate of drug-likeness (QED) is 0.546. The topological polar surface area (TPSA) is 85.3 Å². The molecule has 0 aliphatic carbocycles. The van der Waals surface area contributed by atoms with Crippen LogP contribution in [0.5, 0.6) is 5.75 Å². The number of phenolic OH excluding ortho intramolecular Hbond substituents is 1. The van der Waals surface area contributed by atoms with Gasteiger partial charge < -0.3 is 20.5 Å². The predicted octanol–water partition coefficient (Wildman–Crippen LogP) is 2.94. The van der Waals surface area contributed by atoms with E-state index in [1.165, 1.54) is 17.7 Å². The third-order valence-electron chi connectivity index (χ3n) is 4.16. The summed E-state index contributed by atoms with van der Waals surface area (Å²) >= 11 is 1.04. The van der Waals surface area contributed by atoms with Crippen LogP contribution in [0.3, 0.4) is 0 Å². The zero-order valence-corrected chi connectivity index (χ0v) is 15.1. The molecule has 0 saturated carbocycles. The molecule has 6 heteroatoms. The Morgan fingerprint density at radius 1 is 1.24 bits per heavy atom. The average molecular weight is 358 g/mol. The van der Waals surface area contributed by atoms with Crippen molar-refractivity contribution in [3.63, 3.8) is 0 Å². The van der Waals surface area contributed by atoms with Gasteiger partial charge in [-0.1, -0.05) is 41.7 Å². The zero-order chi connectivity index (χ0) is 18.0. The molecular formula is C19H22N2O3S. The lowest BCUT2D eigenvalue weighted by Gasteiger charge is -2.28. The second-order valence-electron chi connectivity index (χ2n) is 6.87. The monoisotopic (exact) mass is 358 g/mol. The first-order valence-corrected chi connectivity index (χ1v) is 8.98. The van der Waals surface area contributed by atoms with Gasteiger partial charge in [0.15, 0.2) is 0 Å². The summed E-state index contributed by atoms with van der Waals surface area (Å²) in [5.41, 5.74) is 2.12. The molecule has 0 fully saturated rings. The van der Waals surface area contributed by atoms with Gasteiger partial charge in [-0.2, -0.15) is 0 Å². The van der Waals surface area contributed by atoms with Gasteiger partial charge in [0.1, 0.15) is 5.75 Å². The van der Waals surface area contributed by atoms with E-state index in [1.54, 1.807) is 0 Å². The third kappa shape index (κ3) is 4.28. The molecule has 0 spiro atoms. The molecule has 0 radical (unpaired) electrons. The molecule has 0 aliphatic rings. The summed E-state index contributed by atoms with van der Waals surface area (Å²) < 4.78 is 0.679. The van der Waals surface area contributed by atoms with E-state index in [2.05, 4.69) is 36.3 Å². The van der Waals surface area contributed by atoms with Crippen LogP contribution < -0.4 is 10.2 Å². The molecule has 2 aromatic carbocycles. The fourth-order valence-corrected chi connectivity index (χ4v) is 3.85. The fourth-order valence-electron chi connectivity index (χ4n) is 2.97. The lowest BCUT2D eigenvalue weighted by Crippen LogP contribution is -2.43. The molecule has 5 nitrogen and oxygen atoms in total. The summed E-state index contributed by atoms with van der Waals surface area (Å²) in [7, 11) is 0. The van der Waals surface area contributed by atoms with Gasteiger partial charge in [0.25, 0.3) is 0 Å². The number of fused-ring (bicyclic) bond motifs is 1. The van der Waals surface area contributed by atoms with Crippen LogP contribution in [-0.4, -0.2) is 27.3 Å². The van der Waals surface area contributed by atoms with Crippen LogP contribution in [0.4, 0.5) is 0 Å². The van der Waals surface area contributed by atoms with E-state index in [-0.39, 0.29) is 16.2 Å². The number of aromatic hydroxyl groups is 1. The van der Waals surface area contributed by atoms with Crippen LogP contribution in [0.2, 0.25) is 0 Å². The van der Waals surface area contributed by atoms with E-state index >= 15 is 0 Å². The Bertz CT molecular complexity index is 915. The highest BCUT2D eigenvalue weighted by Crippen LogP contribution is 2.30. The lowest BCUT2D eigenvalue weighted by molar-refractivity contribution is 0.162. The summed E-state index contributed by atoms with van der Waals surface area (Å²) in [6, 6.07) is 13.2. The highest BCUT2D eigenvalue weighted by Gasteiger charge is 2.21. The molecule has 1 heterocycles. The van der Waals surface area contributed by atoms with Crippen LogP contribution in [-0.2, 0) is 6.42 Å². The number of aromatic amines is 1. The first-order chi connectivity index (χ1) is 11.8. The van der Waals surface area contributed by atoms with E-state index in [4.69, 9.17) is 0 Å². The molecule has 0 unspecified atom stereocenters. The lowest BCUT2D eigenvalue weighted by atomic mass is 9.94. The van der Waals surface area contributed by atoms with Crippen molar-refractivity contribution in [2.75, 3.05) is 6.54 Å². The Kier molecular flexibility index (Phi) is 4.94. The number of aliphatic hydroxyl groups excluding tert-OH is 1. The SMILES string of the molecule is CC(C)(Cc1ccccc1)NC[C@H](O)c1cc(O)cc2[nH]c(=O)sc12. The molecule has 25 heavy (non-hydrogen) atoms. The molecule has 3 aromatic rings. The molecule has 1 atom stereocenters. The molecule has 0 saturated heterocycles. The summed E-state index contributed by atoms with van der Waals surface area (Å²) in [4.78, 5) is 14.0. The number of hydrogen-bond acceptors (Lipinski definition) is 5. The van der Waals surface area contributed by atoms with E-state index in [9.17, 15) is 15.0 Å². The number of hydrogen-bond donors (Lipinski definition) is 4. The number of thiazole rings is 1. The largest absolute Gasteiger partial charge is 0.508 e. The summed E-state index contributed by atoms with van der Waals surface area (Å²) in [6.07, 6.45) is 0.00383. The predicted molar refractivity (Wildman–Crippen MR) is 101 cm³/mol. The second kappa shape index (κ2) is 7.00. The fraction of sp³-hybridized carbons (Fsp3) is 0.316. The molecule has 132 valence electrons. The summed E-state index contributed by atoms with van der Waals surface area (Å²) in [6.45, 7) is 4.49. The standard InChI is InChI=1S/C19H22N2O3S/c1-19(2,10-12-6-4-3-5-7-12)20-11-16(23)14-8-13(22)9-15-17(14)25-18(24)21-15/h3-9,16,20,22-23H,10-11H2,1-2H3,(H,21,24)/t16-/m0/s1. The van der Waals surface area contributed by atoms with Gasteiger partial charge in [0.2, 0.25) is 0 Å². The van der Waals surface area contributed by atoms with Gasteiger partial charge in [-0.15, -0.1) is 0 Å². The van der Waals surface area contributed by atoms with Gasteiger partial charge in [-0.25, -0.2) is 0 Å². The first kappa shape index (κ1) is 17.7. The van der Waals surface area contributed by atoms with Gasteiger partial charge in [0, 0.05) is 23.7 Å². The molecule has 0 bridgehead atoms. The Labute approximate surface area is 150 Å². The Balaban J connectivity index is 1.74. The van der Waals surface area contributed by atoms with Crippen molar-refractivity contribution in [3.8, 4) is 5.75 Å². The van der Waals surface area contributed by atoms with Gasteiger partial charge in [-0.05, 0) is 31.9 Å². The maximum atomic E-state index is 11.6. The number of aromatic nitrogens is 1. The first-order valence-electron chi connectivity index (χ1n) is 8.17. The summed E-state index contributed by atoms with van der Waals surface area (Å²) in [5, 5.41) is 23.8. The van der Waals surface area contributed by atoms with Gasteiger partial charge in [-0.3, -0.25) is 4.79 Å². The molecule has 1 aromatic heterocycles. The maximum absolute atomic E-state index is 11.6. The van der Waals surface area contributed by atoms with E-state index in [0.29, 0.717) is 22.3 Å². The molecule has 0 aliphatic heterocycles. The average Bonchev–Trinajstić information content (AvgIpc) is 2.92. The zero-order valence-electron chi connectivity index (χ0n) is 14.2. The van der Waals surface area contributed by atoms with Crippen molar-refractivity contribution >= 4 is 21.6 Å². The van der Waals surface area contributed by atoms with Gasteiger partial charge >= 0.3 is 4.87 Å². The van der Waals surface area contributed by atoms with Gasteiger partial charge in [0.05, 0.1) is 16.3 Å². The van der Waals surface area contributed by atoms with Crippen LogP contribution in [0.25, 0.3) is 10.2 Å². The number of benzene rings is 2. The van der Waals surface area contributed by atoms with E-state index < -0.39 is 6.10 Å². The van der Waals surface area contributed by atoms with Crippen LogP contribution >= 0.6 is 11.3 Å². The second-order valence-corrected chi connectivity index (χ2v) is 7.85. The highest BCUT2D eigenvalue weighted by atomic mass is 32.1. The third-order valence-corrected chi connectivity index (χ3v) is 5.10. The summed E-state index contributed by atoms with van der Waals surface area (Å²) in [5.74, 6) is 0.0270. The van der Waals surface area contributed by atoms with E-state index in [0.717, 1.165) is 17.8 Å². The van der Waals surface area contributed by atoms with Crippen molar-refractivity contribution < 1.29 is 10.2 Å². The van der Waals surface area contributed by atoms with Crippen LogP contribution in [0.1, 0.15) is 31.1 Å². The Morgan fingerprint density at radius 3 is 2.68 bits per heavy atom. The Hall–Kier alpha value is -2.15. The normalized spacial score (nSPS) is 13.2. The van der Waals surface area contributed by atoms with E-state index in [1.807, 2.05) is 18.2 Å². The number of phenols is 1. The van der Waals surface area contributed by atoms with Crippen LogP contribution in [0, 0.1) is 0 Å². The van der Waals surface area contributed by atoms with Crippen molar-refractivity contribution in [3.05, 3.63) is 63.3 Å². The van der Waals surface area contributed by atoms with Crippen LogP contribution in [0.15, 0.2) is 47.3 Å². The minimum absolute atomic E-state index is 0.0270.